The number of hydrogen-bond acceptors (Lipinski definition) is 8. The number of halogens is 4. The van der Waals surface area contributed by atoms with Gasteiger partial charge in [-0.05, 0) is 12.1 Å². The van der Waals surface area contributed by atoms with Gasteiger partial charge >= 0.3 is 0 Å². The minimum absolute atomic E-state index is 0.0306. The number of carbonyl (C=O) groups excluding carboxylic acids is 2. The molecule has 2 atom stereocenters. The molecule has 4 aliphatic rings. The summed E-state index contributed by atoms with van der Waals surface area (Å²) in [6.07, 6.45) is -0.0695. The molecule has 0 radical (unpaired) electrons. The van der Waals surface area contributed by atoms with E-state index < -0.39 is 36.1 Å². The van der Waals surface area contributed by atoms with Crippen molar-refractivity contribution in [1.29, 1.82) is 0 Å². The van der Waals surface area contributed by atoms with Gasteiger partial charge in [-0.3, -0.25) is 19.6 Å². The third-order valence-corrected chi connectivity index (χ3v) is 8.09. The first kappa shape index (κ1) is 30.2. The quantitative estimate of drug-likeness (QED) is 0.274. The van der Waals surface area contributed by atoms with Crippen LogP contribution in [0.5, 0.6) is 23.0 Å². The van der Waals surface area contributed by atoms with E-state index in [2.05, 4.69) is 9.98 Å². The lowest BCUT2D eigenvalue weighted by atomic mass is 10.1. The van der Waals surface area contributed by atoms with E-state index in [1.54, 1.807) is 12.1 Å². The second kappa shape index (κ2) is 12.3. The van der Waals surface area contributed by atoms with Crippen molar-refractivity contribution in [2.24, 2.45) is 9.98 Å². The molecule has 10 nitrogen and oxygen atoms in total. The summed E-state index contributed by atoms with van der Waals surface area (Å²) in [6.45, 7) is 0.0865. The fraction of sp³-hybridized carbons (Fsp3) is 0.355. The number of nitrogens with zero attached hydrogens (tertiary/aromatic N) is 4. The molecule has 0 aliphatic carbocycles. The Morgan fingerprint density at radius 3 is 1.51 bits per heavy atom. The van der Waals surface area contributed by atoms with E-state index in [1.807, 2.05) is 0 Å². The summed E-state index contributed by atoms with van der Waals surface area (Å²) in [4.78, 5) is 37.8. The molecule has 236 valence electrons. The molecule has 2 aromatic rings. The minimum atomic E-state index is -1.77. The average molecular weight is 629 g/mol. The number of fused-ring (bicyclic) bond motifs is 4. The normalized spacial score (nSPS) is 19.9. The highest BCUT2D eigenvalue weighted by Crippen LogP contribution is 2.41. The SMILES string of the molecule is COc1cc2c(cc1OCCCOc1cc3c(cc1OC)C(=O)N1CC(=C(F)F)C[C@H]1C=N3)N=C[C@@H]1CC(=C(F)F)CN1C2=O. The fourth-order valence-corrected chi connectivity index (χ4v) is 5.75. The van der Waals surface area contributed by atoms with Crippen LogP contribution in [0.4, 0.5) is 28.9 Å². The Labute approximate surface area is 255 Å². The molecule has 2 saturated heterocycles. The van der Waals surface area contributed by atoms with Gasteiger partial charge in [-0.15, -0.1) is 0 Å². The molecule has 2 amide bonds. The van der Waals surface area contributed by atoms with Gasteiger partial charge in [0.1, 0.15) is 0 Å². The molecule has 4 aliphatic heterocycles. The summed E-state index contributed by atoms with van der Waals surface area (Å²) in [7, 11) is 2.86. The molecule has 0 aromatic heterocycles. The smallest absolute Gasteiger partial charge is 0.271 e. The van der Waals surface area contributed by atoms with Crippen molar-refractivity contribution in [1.82, 2.24) is 9.80 Å². The van der Waals surface area contributed by atoms with Crippen molar-refractivity contribution < 1.29 is 46.1 Å². The number of ether oxygens (including phenoxy) is 4. The second-order valence-corrected chi connectivity index (χ2v) is 10.8. The lowest BCUT2D eigenvalue weighted by molar-refractivity contribution is 0.0769. The summed E-state index contributed by atoms with van der Waals surface area (Å²) < 4.78 is 75.3. The van der Waals surface area contributed by atoms with Crippen molar-refractivity contribution in [3.8, 4) is 23.0 Å². The van der Waals surface area contributed by atoms with Gasteiger partial charge in [-0.1, -0.05) is 0 Å². The van der Waals surface area contributed by atoms with Crippen LogP contribution in [0.15, 0.2) is 57.6 Å². The monoisotopic (exact) mass is 628 g/mol. The number of methoxy groups -OCH3 is 2. The van der Waals surface area contributed by atoms with Gasteiger partial charge in [0.2, 0.25) is 0 Å². The van der Waals surface area contributed by atoms with Crippen LogP contribution in [0.25, 0.3) is 0 Å². The Hall–Kier alpha value is -4.88. The number of hydrogen-bond donors (Lipinski definition) is 0. The third kappa shape index (κ3) is 5.71. The molecule has 4 heterocycles. The molecule has 2 fully saturated rings. The van der Waals surface area contributed by atoms with Gasteiger partial charge in [0.05, 0.1) is 62.0 Å². The van der Waals surface area contributed by atoms with Crippen LogP contribution < -0.4 is 18.9 Å². The number of amides is 2. The predicted molar refractivity (Wildman–Crippen MR) is 155 cm³/mol. The van der Waals surface area contributed by atoms with Crippen molar-refractivity contribution in [3.05, 3.63) is 58.7 Å². The first-order chi connectivity index (χ1) is 21.7. The van der Waals surface area contributed by atoms with Gasteiger partial charge in [0.25, 0.3) is 24.0 Å². The molecule has 45 heavy (non-hydrogen) atoms. The van der Waals surface area contributed by atoms with Crippen molar-refractivity contribution in [3.63, 3.8) is 0 Å². The highest BCUT2D eigenvalue weighted by atomic mass is 19.3. The van der Waals surface area contributed by atoms with E-state index >= 15 is 0 Å². The maximum absolute atomic E-state index is 13.2. The van der Waals surface area contributed by atoms with Gasteiger partial charge in [-0.2, -0.15) is 17.6 Å². The Morgan fingerprint density at radius 2 is 1.13 bits per heavy atom. The summed E-state index contributed by atoms with van der Waals surface area (Å²) in [5, 5.41) is 0. The summed E-state index contributed by atoms with van der Waals surface area (Å²) >= 11 is 0. The van der Waals surface area contributed by atoms with Gasteiger partial charge < -0.3 is 28.7 Å². The third-order valence-electron chi connectivity index (χ3n) is 8.09. The lowest BCUT2D eigenvalue weighted by Gasteiger charge is -2.20. The molecule has 14 heteroatoms. The van der Waals surface area contributed by atoms with E-state index in [-0.39, 0.29) is 72.9 Å². The number of carbonyl (C=O) groups is 2. The van der Waals surface area contributed by atoms with Crippen LogP contribution in [-0.2, 0) is 0 Å². The summed E-state index contributed by atoms with van der Waals surface area (Å²) in [6, 6.07) is 5.03. The van der Waals surface area contributed by atoms with Crippen LogP contribution in [0.3, 0.4) is 0 Å². The highest BCUT2D eigenvalue weighted by molar-refractivity contribution is 6.04. The van der Waals surface area contributed by atoms with E-state index in [1.165, 1.54) is 48.6 Å². The van der Waals surface area contributed by atoms with Crippen LogP contribution in [-0.4, -0.2) is 86.6 Å². The standard InChI is InChI=1S/C31H28F4N4O6/c1-42-24-8-20-22(36-12-18-6-16(28(32)33)14-38(18)30(20)40)10-26(24)44-4-3-5-45-27-11-23-21(9-25(27)43-2)31(41)39-15-17(29(34)35)7-19(39)13-37-23/h8-13,18-19H,3-7,14-15H2,1-2H3/t18-,19-/m0/s1. The number of benzene rings is 2. The molecule has 0 unspecified atom stereocenters. The van der Waals surface area contributed by atoms with E-state index in [0.29, 0.717) is 29.3 Å². The Kier molecular flexibility index (Phi) is 8.21. The topological polar surface area (TPSA) is 102 Å². The Balaban J connectivity index is 1.11. The first-order valence-corrected chi connectivity index (χ1v) is 14.1. The lowest BCUT2D eigenvalue weighted by Crippen LogP contribution is -2.35. The zero-order chi connectivity index (χ0) is 31.8. The molecular weight excluding hydrogens is 600 g/mol. The first-order valence-electron chi connectivity index (χ1n) is 14.1. The highest BCUT2D eigenvalue weighted by Gasteiger charge is 2.38. The molecule has 0 spiro atoms. The molecule has 6 rings (SSSR count). The number of rotatable bonds is 8. The van der Waals surface area contributed by atoms with Crippen molar-refractivity contribution >= 4 is 35.6 Å². The van der Waals surface area contributed by atoms with Gasteiger partial charge in [-0.25, -0.2) is 0 Å². The molecule has 0 N–H and O–H groups in total. The number of aliphatic imine (C=N–C) groups is 2. The van der Waals surface area contributed by atoms with Crippen LogP contribution in [0.1, 0.15) is 40.0 Å². The van der Waals surface area contributed by atoms with Gasteiger partial charge in [0.15, 0.2) is 23.0 Å². The average Bonchev–Trinajstić information content (AvgIpc) is 3.61. The van der Waals surface area contributed by atoms with Crippen LogP contribution >= 0.6 is 0 Å². The van der Waals surface area contributed by atoms with Crippen molar-refractivity contribution in [2.45, 2.75) is 31.3 Å². The fourth-order valence-electron chi connectivity index (χ4n) is 5.75. The molecule has 2 aromatic carbocycles. The van der Waals surface area contributed by atoms with E-state index in [0.717, 1.165) is 0 Å². The van der Waals surface area contributed by atoms with Crippen LogP contribution in [0.2, 0.25) is 0 Å². The summed E-state index contributed by atoms with van der Waals surface area (Å²) in [5.41, 5.74) is 0.993. The molecule has 0 bridgehead atoms. The minimum Gasteiger partial charge on any atom is -0.493 e. The van der Waals surface area contributed by atoms with E-state index in [9.17, 15) is 27.2 Å². The zero-order valence-electron chi connectivity index (χ0n) is 24.3. The van der Waals surface area contributed by atoms with Crippen LogP contribution in [0, 0.1) is 0 Å². The predicted octanol–water partition coefficient (Wildman–Crippen LogP) is 5.71. The Morgan fingerprint density at radius 1 is 0.711 bits per heavy atom. The Bertz CT molecular complexity index is 1560. The maximum Gasteiger partial charge on any atom is 0.271 e. The van der Waals surface area contributed by atoms with Gasteiger partial charge in [0, 0.05) is 68.1 Å². The maximum atomic E-state index is 13.2. The molecular formula is C31H28F4N4O6. The zero-order valence-corrected chi connectivity index (χ0v) is 24.3. The van der Waals surface area contributed by atoms with Crippen molar-refractivity contribution in [2.75, 3.05) is 40.5 Å². The summed E-state index contributed by atoms with van der Waals surface area (Å²) in [5.74, 6) is 0.434. The largest absolute Gasteiger partial charge is 0.493 e. The second-order valence-electron chi connectivity index (χ2n) is 10.8. The molecule has 0 saturated carbocycles. The van der Waals surface area contributed by atoms with E-state index in [4.69, 9.17) is 18.9 Å².